The van der Waals surface area contributed by atoms with Crippen LogP contribution in [0.2, 0.25) is 0 Å². The van der Waals surface area contributed by atoms with Gasteiger partial charge in [0.25, 0.3) is 15.6 Å². The summed E-state index contributed by atoms with van der Waals surface area (Å²) < 4.78 is 43.7. The van der Waals surface area contributed by atoms with E-state index >= 15 is 0 Å². The molecule has 0 aliphatic carbocycles. The van der Waals surface area contributed by atoms with Gasteiger partial charge in [0, 0.05) is 0 Å². The Labute approximate surface area is 221 Å². The molecular weight excluding hydrogens is 549 g/mol. The second-order valence-electron chi connectivity index (χ2n) is 7.85. The Hall–Kier alpha value is -0.790. The molecule has 0 bridgehead atoms. The lowest BCUT2D eigenvalue weighted by molar-refractivity contribution is -0.339. The topological polar surface area (TPSA) is 317 Å². The van der Waals surface area contributed by atoms with Gasteiger partial charge in [-0.05, 0) is 73.1 Å². The zero-order chi connectivity index (χ0) is 25.7. The maximum absolute atomic E-state index is 11.4. The van der Waals surface area contributed by atoms with Gasteiger partial charge in [-0.25, -0.2) is 4.31 Å². The van der Waals surface area contributed by atoms with E-state index in [2.05, 4.69) is 52.1 Å². The monoisotopic (exact) mass is 598 g/mol. The molecule has 0 aromatic carbocycles. The molecule has 2 atom stereocenters. The molecular formula is C20H49N4O10P3. The van der Waals surface area contributed by atoms with Crippen molar-refractivity contribution in [2.75, 3.05) is 6.61 Å². The van der Waals surface area contributed by atoms with Gasteiger partial charge in [0.1, 0.15) is 0 Å². The van der Waals surface area contributed by atoms with Crippen LogP contribution in [-0.2, 0) is 26.8 Å². The molecule has 0 aromatic heterocycles. The summed E-state index contributed by atoms with van der Waals surface area (Å²) >= 11 is 0. The third kappa shape index (κ3) is 29.6. The predicted molar refractivity (Wildman–Crippen MR) is 143 cm³/mol. The van der Waals surface area contributed by atoms with E-state index in [1.165, 1.54) is 22.8 Å². The van der Waals surface area contributed by atoms with Crippen molar-refractivity contribution in [2.24, 2.45) is 0 Å². The van der Waals surface area contributed by atoms with Crippen molar-refractivity contribution in [3.63, 3.8) is 0 Å². The van der Waals surface area contributed by atoms with Crippen LogP contribution in [0.1, 0.15) is 73.1 Å². The van der Waals surface area contributed by atoms with Crippen molar-refractivity contribution in [2.45, 2.75) is 73.1 Å². The molecule has 0 saturated heterocycles. The Morgan fingerprint density at radius 3 is 1.35 bits per heavy atom. The SMILES string of the molecule is CC(C)=CCC/C(C)=C/CC/C(C)=C/CC/C(C)=C/COP(=O)([O-])OP(=O)([O-])OP(=O)([O-])[O-].[NH4+].[NH4+].[NH4+].[NH4+]. The molecule has 37 heavy (non-hydrogen) atoms. The third-order valence-electron chi connectivity index (χ3n) is 4.22. The fraction of sp³-hybridized carbons (Fsp3) is 0.600. The minimum Gasteiger partial charge on any atom is -0.790 e. The molecule has 0 saturated carbocycles. The zero-order valence-electron chi connectivity index (χ0n) is 23.7. The average molecular weight is 599 g/mol. The molecule has 0 aliphatic heterocycles. The second-order valence-corrected chi connectivity index (χ2v) is 12.1. The highest BCUT2D eigenvalue weighted by atomic mass is 31.3. The van der Waals surface area contributed by atoms with Crippen LogP contribution >= 0.6 is 23.5 Å². The van der Waals surface area contributed by atoms with Crippen molar-refractivity contribution < 1.29 is 46.4 Å². The Kier molecular flexibility index (Phi) is 27.5. The van der Waals surface area contributed by atoms with E-state index in [4.69, 9.17) is 0 Å². The first-order valence-corrected chi connectivity index (χ1v) is 14.7. The number of hydrogen-bond donors (Lipinski definition) is 4. The summed E-state index contributed by atoms with van der Waals surface area (Å²) in [6.45, 7) is 9.57. The average Bonchev–Trinajstić information content (AvgIpc) is 2.57. The molecule has 0 spiro atoms. The number of rotatable bonds is 16. The molecule has 0 rings (SSSR count). The summed E-state index contributed by atoms with van der Waals surface area (Å²) in [7, 11) is -17.4. The first-order valence-electron chi connectivity index (χ1n) is 10.3. The molecule has 16 N–H and O–H groups in total. The smallest absolute Gasteiger partial charge is 0.278 e. The number of quaternary nitrogens is 4. The number of phosphoric ester groups is 1. The van der Waals surface area contributed by atoms with Gasteiger partial charge < -0.3 is 53.3 Å². The van der Waals surface area contributed by atoms with E-state index < -0.39 is 30.1 Å². The highest BCUT2D eigenvalue weighted by Crippen LogP contribution is 2.60. The quantitative estimate of drug-likeness (QED) is 0.128. The number of phosphoric acid groups is 3. The Bertz CT molecular complexity index is 897. The van der Waals surface area contributed by atoms with Crippen LogP contribution in [0.5, 0.6) is 0 Å². The minimum atomic E-state index is -6.00. The van der Waals surface area contributed by atoms with Gasteiger partial charge in [0.05, 0.1) is 14.4 Å². The van der Waals surface area contributed by atoms with E-state index in [1.807, 2.05) is 6.92 Å². The molecule has 0 heterocycles. The van der Waals surface area contributed by atoms with Crippen LogP contribution in [0.25, 0.3) is 0 Å². The van der Waals surface area contributed by atoms with Crippen LogP contribution in [0.15, 0.2) is 46.6 Å². The van der Waals surface area contributed by atoms with E-state index in [0.29, 0.717) is 6.42 Å². The third-order valence-corrected chi connectivity index (χ3v) is 7.88. The van der Waals surface area contributed by atoms with E-state index in [9.17, 15) is 33.3 Å². The van der Waals surface area contributed by atoms with Crippen LogP contribution < -0.4 is 44.2 Å². The van der Waals surface area contributed by atoms with Gasteiger partial charge in [0.15, 0.2) is 0 Å². The van der Waals surface area contributed by atoms with Gasteiger partial charge in [0.2, 0.25) is 0 Å². The summed E-state index contributed by atoms with van der Waals surface area (Å²) in [5.41, 5.74) is 4.72. The molecule has 224 valence electrons. The summed E-state index contributed by atoms with van der Waals surface area (Å²) in [5.74, 6) is 0. The van der Waals surface area contributed by atoms with E-state index in [1.54, 1.807) is 6.92 Å². The normalized spacial score (nSPS) is 15.5. The van der Waals surface area contributed by atoms with Crippen molar-refractivity contribution in [1.82, 2.24) is 24.6 Å². The van der Waals surface area contributed by atoms with Crippen molar-refractivity contribution in [3.05, 3.63) is 46.6 Å². The van der Waals surface area contributed by atoms with Gasteiger partial charge in [-0.15, -0.1) is 0 Å². The summed E-state index contributed by atoms with van der Waals surface area (Å²) in [4.78, 5) is 43.1. The minimum absolute atomic E-state index is 0. The van der Waals surface area contributed by atoms with Gasteiger partial charge in [-0.1, -0.05) is 46.6 Å². The standard InChI is InChI=1S/C20H37O10P3.4H3N/c1-17(2)9-6-10-18(3)11-7-12-19(4)13-8-14-20(5)15-16-28-32(24,25)30-33(26,27)29-31(21,22)23;;;;/h9,11,13,15H,6-8,10,12,14,16H2,1-5H3,(H,24,25)(H,26,27)(H2,21,22,23);4*1H3/b18-11+,19-13+,20-15+;;;;. The van der Waals surface area contributed by atoms with Crippen molar-refractivity contribution in [3.8, 4) is 0 Å². The summed E-state index contributed by atoms with van der Waals surface area (Å²) in [6.07, 6.45) is 13.4. The second kappa shape index (κ2) is 22.1. The van der Waals surface area contributed by atoms with Crippen LogP contribution in [0.3, 0.4) is 0 Å². The highest BCUT2D eigenvalue weighted by molar-refractivity contribution is 7.64. The lowest BCUT2D eigenvalue weighted by Gasteiger charge is -2.37. The Morgan fingerprint density at radius 2 is 0.973 bits per heavy atom. The van der Waals surface area contributed by atoms with Gasteiger partial charge in [-0.3, -0.25) is 13.4 Å². The van der Waals surface area contributed by atoms with Crippen molar-refractivity contribution in [1.29, 1.82) is 0 Å². The Morgan fingerprint density at radius 1 is 0.595 bits per heavy atom. The van der Waals surface area contributed by atoms with Gasteiger partial charge in [-0.2, -0.15) is 0 Å². The van der Waals surface area contributed by atoms with Crippen molar-refractivity contribution >= 4 is 23.5 Å². The fourth-order valence-electron chi connectivity index (χ4n) is 2.54. The molecule has 0 fully saturated rings. The molecule has 0 aliphatic rings. The molecule has 0 aromatic rings. The van der Waals surface area contributed by atoms with Crippen LogP contribution in [-0.4, -0.2) is 6.61 Å². The molecule has 14 nitrogen and oxygen atoms in total. The number of allylic oxidation sites excluding steroid dienone is 7. The summed E-state index contributed by atoms with van der Waals surface area (Å²) in [6, 6.07) is 0. The summed E-state index contributed by atoms with van der Waals surface area (Å²) in [5, 5.41) is 0. The fourth-order valence-corrected chi connectivity index (χ4v) is 5.33. The highest BCUT2D eigenvalue weighted by Gasteiger charge is 2.21. The molecule has 2 unspecified atom stereocenters. The van der Waals surface area contributed by atoms with E-state index in [0.717, 1.165) is 37.7 Å². The molecule has 0 radical (unpaired) electrons. The Balaban J connectivity index is -0.000000853. The predicted octanol–water partition coefficient (Wildman–Crippen LogP) is 5.45. The lowest BCUT2D eigenvalue weighted by Crippen LogP contribution is -2.20. The van der Waals surface area contributed by atoms with E-state index in [-0.39, 0.29) is 24.6 Å². The van der Waals surface area contributed by atoms with Crippen LogP contribution in [0, 0.1) is 0 Å². The molecule has 17 heteroatoms. The first kappa shape index (κ1) is 46.1. The lowest BCUT2D eigenvalue weighted by atomic mass is 10.0. The van der Waals surface area contributed by atoms with Gasteiger partial charge >= 0.3 is 0 Å². The number of hydrogen-bond acceptors (Lipinski definition) is 10. The maximum Gasteiger partial charge on any atom is 0.278 e. The first-order chi connectivity index (χ1) is 15.0. The molecule has 0 amide bonds. The zero-order valence-corrected chi connectivity index (χ0v) is 26.4. The largest absolute Gasteiger partial charge is 0.790 e. The maximum atomic E-state index is 11.4. The van der Waals surface area contributed by atoms with Crippen LogP contribution in [0.4, 0.5) is 0 Å².